The first-order chi connectivity index (χ1) is 15.6. The number of carbonyl (C=O) groups excluding carboxylic acids is 2. The van der Waals surface area contributed by atoms with Crippen molar-refractivity contribution in [1.82, 2.24) is 5.32 Å². The van der Waals surface area contributed by atoms with Gasteiger partial charge in [-0.3, -0.25) is 9.59 Å². The molecule has 0 unspecified atom stereocenters. The first kappa shape index (κ1) is 20.9. The van der Waals surface area contributed by atoms with E-state index < -0.39 is 5.91 Å². The van der Waals surface area contributed by atoms with E-state index >= 15 is 0 Å². The summed E-state index contributed by atoms with van der Waals surface area (Å²) in [6.45, 7) is 0. The van der Waals surface area contributed by atoms with Gasteiger partial charge in [-0.05, 0) is 58.8 Å². The summed E-state index contributed by atoms with van der Waals surface area (Å²) in [5.74, 6) is -0.148. The first-order valence-electron chi connectivity index (χ1n) is 10.1. The van der Waals surface area contributed by atoms with Crippen molar-refractivity contribution in [1.29, 1.82) is 0 Å². The number of nitrogens with one attached hydrogen (secondary N) is 2. The Morgan fingerprint density at radius 3 is 2.19 bits per heavy atom. The lowest BCUT2D eigenvalue weighted by atomic mass is 10.1. The van der Waals surface area contributed by atoms with Crippen LogP contribution in [0, 0.1) is 0 Å². The minimum atomic E-state index is -0.411. The molecule has 0 atom stereocenters. The van der Waals surface area contributed by atoms with E-state index in [0.717, 1.165) is 16.3 Å². The molecule has 32 heavy (non-hydrogen) atoms. The molecule has 0 saturated heterocycles. The summed E-state index contributed by atoms with van der Waals surface area (Å²) in [6, 6.07) is 29.7. The molecule has 0 aromatic heterocycles. The molecule has 4 aromatic rings. The molecule has 4 rings (SSSR count). The summed E-state index contributed by atoms with van der Waals surface area (Å²) in [4.78, 5) is 25.9. The summed E-state index contributed by atoms with van der Waals surface area (Å²) in [5, 5.41) is 7.73. The van der Waals surface area contributed by atoms with Gasteiger partial charge in [0, 0.05) is 11.3 Å². The number of benzene rings is 4. The summed E-state index contributed by atoms with van der Waals surface area (Å²) in [5.41, 5.74) is 2.01. The average molecular weight is 422 g/mol. The van der Waals surface area contributed by atoms with E-state index in [4.69, 9.17) is 4.74 Å². The second-order valence-electron chi connectivity index (χ2n) is 7.17. The van der Waals surface area contributed by atoms with Crippen LogP contribution in [-0.2, 0) is 4.79 Å². The minimum absolute atomic E-state index is 0.144. The molecule has 0 aliphatic rings. The predicted molar refractivity (Wildman–Crippen MR) is 127 cm³/mol. The van der Waals surface area contributed by atoms with Crippen LogP contribution in [0.3, 0.4) is 0 Å². The molecule has 4 aromatic carbocycles. The van der Waals surface area contributed by atoms with Gasteiger partial charge < -0.3 is 15.4 Å². The average Bonchev–Trinajstić information content (AvgIpc) is 2.84. The molecule has 2 N–H and O–H groups in total. The third kappa shape index (κ3) is 5.02. The highest BCUT2D eigenvalue weighted by Gasteiger charge is 2.15. The molecule has 158 valence electrons. The number of anilines is 1. The van der Waals surface area contributed by atoms with E-state index in [9.17, 15) is 9.59 Å². The maximum absolute atomic E-state index is 13.1. The second-order valence-corrected chi connectivity index (χ2v) is 7.17. The molecule has 0 saturated carbocycles. The lowest BCUT2D eigenvalue weighted by Crippen LogP contribution is -2.30. The van der Waals surface area contributed by atoms with Gasteiger partial charge in [-0.1, -0.05) is 60.7 Å². The monoisotopic (exact) mass is 422 g/mol. The van der Waals surface area contributed by atoms with Gasteiger partial charge in [0.15, 0.2) is 0 Å². The Kier molecular flexibility index (Phi) is 6.28. The van der Waals surface area contributed by atoms with Crippen LogP contribution in [0.15, 0.2) is 103 Å². The highest BCUT2D eigenvalue weighted by atomic mass is 16.5. The standard InChI is InChI=1S/C27H22N2O3/c1-32-24-15-12-21(13-16-24)26(30)29-25(17-19-7-3-2-4-8-19)27(31)28-23-14-11-20-9-5-6-10-22(20)18-23/h2-18H,1H3,(H,28,31)(H,29,30)/b25-17-. The number of amides is 2. The number of hydrogen-bond donors (Lipinski definition) is 2. The van der Waals surface area contributed by atoms with Crippen molar-refractivity contribution in [2.75, 3.05) is 12.4 Å². The van der Waals surface area contributed by atoms with Crippen LogP contribution in [0.2, 0.25) is 0 Å². The summed E-state index contributed by atoms with van der Waals surface area (Å²) < 4.78 is 5.14. The lowest BCUT2D eigenvalue weighted by molar-refractivity contribution is -0.113. The Morgan fingerprint density at radius 2 is 1.47 bits per heavy atom. The van der Waals surface area contributed by atoms with Crippen molar-refractivity contribution in [3.63, 3.8) is 0 Å². The van der Waals surface area contributed by atoms with Crippen LogP contribution in [0.5, 0.6) is 5.75 Å². The summed E-state index contributed by atoms with van der Waals surface area (Å²) in [6.07, 6.45) is 1.65. The molecule has 2 amide bonds. The maximum atomic E-state index is 13.1. The van der Waals surface area contributed by atoms with Crippen LogP contribution < -0.4 is 15.4 Å². The smallest absolute Gasteiger partial charge is 0.272 e. The van der Waals surface area contributed by atoms with Crippen molar-refractivity contribution in [3.8, 4) is 5.75 Å². The lowest BCUT2D eigenvalue weighted by Gasteiger charge is -2.12. The maximum Gasteiger partial charge on any atom is 0.272 e. The molecule has 5 nitrogen and oxygen atoms in total. The van der Waals surface area contributed by atoms with Gasteiger partial charge in [0.05, 0.1) is 7.11 Å². The van der Waals surface area contributed by atoms with Gasteiger partial charge in [-0.25, -0.2) is 0 Å². The van der Waals surface area contributed by atoms with E-state index in [2.05, 4.69) is 10.6 Å². The molecule has 0 aliphatic carbocycles. The summed E-state index contributed by atoms with van der Waals surface area (Å²) in [7, 11) is 1.56. The highest BCUT2D eigenvalue weighted by molar-refractivity contribution is 6.11. The van der Waals surface area contributed by atoms with Gasteiger partial charge in [0.25, 0.3) is 11.8 Å². The van der Waals surface area contributed by atoms with Crippen molar-refractivity contribution in [2.24, 2.45) is 0 Å². The largest absolute Gasteiger partial charge is 0.497 e. The summed E-state index contributed by atoms with van der Waals surface area (Å²) >= 11 is 0. The third-order valence-electron chi connectivity index (χ3n) is 4.96. The number of rotatable bonds is 6. The van der Waals surface area contributed by atoms with Gasteiger partial charge in [0.2, 0.25) is 0 Å². The normalized spacial score (nSPS) is 11.1. The van der Waals surface area contributed by atoms with Crippen LogP contribution in [0.25, 0.3) is 16.8 Å². The number of hydrogen-bond acceptors (Lipinski definition) is 3. The third-order valence-corrected chi connectivity index (χ3v) is 4.96. The molecule has 0 fully saturated rings. The fourth-order valence-electron chi connectivity index (χ4n) is 3.28. The van der Waals surface area contributed by atoms with E-state index in [1.54, 1.807) is 37.5 Å². The Hall–Kier alpha value is -4.38. The van der Waals surface area contributed by atoms with E-state index in [1.807, 2.05) is 72.8 Å². The van der Waals surface area contributed by atoms with Crippen LogP contribution >= 0.6 is 0 Å². The van der Waals surface area contributed by atoms with Crippen LogP contribution in [0.4, 0.5) is 5.69 Å². The zero-order chi connectivity index (χ0) is 22.3. The van der Waals surface area contributed by atoms with Crippen molar-refractivity contribution >= 4 is 34.4 Å². The minimum Gasteiger partial charge on any atom is -0.497 e. The number of methoxy groups -OCH3 is 1. The fourth-order valence-corrected chi connectivity index (χ4v) is 3.28. The Balaban J connectivity index is 1.59. The highest BCUT2D eigenvalue weighted by Crippen LogP contribution is 2.20. The first-order valence-corrected chi connectivity index (χ1v) is 10.1. The number of carbonyl (C=O) groups is 2. The zero-order valence-corrected chi connectivity index (χ0v) is 17.5. The SMILES string of the molecule is COc1ccc(C(=O)N/C(=C\c2ccccc2)C(=O)Nc2ccc3ccccc3c2)cc1. The van der Waals surface area contributed by atoms with Crippen molar-refractivity contribution in [3.05, 3.63) is 114 Å². The fraction of sp³-hybridized carbons (Fsp3) is 0.0370. The second kappa shape index (κ2) is 9.62. The van der Waals surface area contributed by atoms with Crippen molar-refractivity contribution < 1.29 is 14.3 Å². The quantitative estimate of drug-likeness (QED) is 0.417. The Bertz CT molecular complexity index is 1280. The molecule has 0 spiro atoms. The molecule has 0 bridgehead atoms. The molecule has 0 aliphatic heterocycles. The topological polar surface area (TPSA) is 67.4 Å². The van der Waals surface area contributed by atoms with Gasteiger partial charge in [-0.15, -0.1) is 0 Å². The van der Waals surface area contributed by atoms with Crippen molar-refractivity contribution in [2.45, 2.75) is 0 Å². The van der Waals surface area contributed by atoms with Gasteiger partial charge in [-0.2, -0.15) is 0 Å². The van der Waals surface area contributed by atoms with E-state index in [0.29, 0.717) is 17.0 Å². The predicted octanol–water partition coefficient (Wildman–Crippen LogP) is 5.26. The Morgan fingerprint density at radius 1 is 0.781 bits per heavy atom. The molecule has 0 radical (unpaired) electrons. The Labute approximate surface area is 186 Å². The van der Waals surface area contributed by atoms with Crippen LogP contribution in [0.1, 0.15) is 15.9 Å². The molecule has 5 heteroatoms. The molecule has 0 heterocycles. The van der Waals surface area contributed by atoms with Crippen LogP contribution in [-0.4, -0.2) is 18.9 Å². The van der Waals surface area contributed by atoms with Gasteiger partial charge >= 0.3 is 0 Å². The molecular weight excluding hydrogens is 400 g/mol. The van der Waals surface area contributed by atoms with E-state index in [1.165, 1.54) is 0 Å². The number of fused-ring (bicyclic) bond motifs is 1. The van der Waals surface area contributed by atoms with E-state index in [-0.39, 0.29) is 11.6 Å². The number of ether oxygens (including phenoxy) is 1. The molecular formula is C27H22N2O3. The van der Waals surface area contributed by atoms with Gasteiger partial charge in [0.1, 0.15) is 11.4 Å². The zero-order valence-electron chi connectivity index (χ0n) is 17.5.